The number of H-pyrrole nitrogens is 1. The molecule has 1 aliphatic rings. The summed E-state index contributed by atoms with van der Waals surface area (Å²) in [5.41, 5.74) is 2.15. The highest BCUT2D eigenvalue weighted by molar-refractivity contribution is 7.99. The molecule has 1 aliphatic heterocycles. The first kappa shape index (κ1) is 21.2. The largest absolute Gasteiger partial charge is 0.460 e. The number of hydrogen-bond acceptors (Lipinski definition) is 6. The molecule has 3 rings (SSSR count). The number of hydrogen-bond donors (Lipinski definition) is 2. The number of carbonyl (C=O) groups excluding carboxylic acids is 1. The van der Waals surface area contributed by atoms with Crippen LogP contribution in [0, 0.1) is 0 Å². The number of nitrogens with one attached hydrogen (secondary N) is 2. The van der Waals surface area contributed by atoms with Crippen LogP contribution in [-0.4, -0.2) is 27.8 Å². The average molecular weight is 414 g/mol. The number of anilines is 1. The molecule has 7 heteroatoms. The summed E-state index contributed by atoms with van der Waals surface area (Å²) in [4.78, 5) is 33.5. The molecular weight excluding hydrogens is 386 g/mol. The summed E-state index contributed by atoms with van der Waals surface area (Å²) >= 11 is 1.53. The summed E-state index contributed by atoms with van der Waals surface area (Å²) < 4.78 is 5.48. The Labute approximate surface area is 175 Å². The van der Waals surface area contributed by atoms with E-state index in [-0.39, 0.29) is 11.7 Å². The number of benzene rings is 1. The van der Waals surface area contributed by atoms with Gasteiger partial charge in [-0.05, 0) is 32.8 Å². The van der Waals surface area contributed by atoms with E-state index in [1.165, 1.54) is 11.8 Å². The van der Waals surface area contributed by atoms with Crippen LogP contribution in [0.5, 0.6) is 0 Å². The van der Waals surface area contributed by atoms with Crippen molar-refractivity contribution in [1.82, 2.24) is 9.97 Å². The lowest BCUT2D eigenvalue weighted by atomic mass is 9.82. The van der Waals surface area contributed by atoms with E-state index < -0.39 is 11.9 Å². The highest BCUT2D eigenvalue weighted by Gasteiger charge is 2.36. The third-order valence-electron chi connectivity index (χ3n) is 4.65. The van der Waals surface area contributed by atoms with E-state index in [1.807, 2.05) is 51.1 Å². The topological polar surface area (TPSA) is 84.1 Å². The Kier molecular flexibility index (Phi) is 6.79. The molecule has 154 valence electrons. The quantitative estimate of drug-likeness (QED) is 0.302. The second kappa shape index (κ2) is 9.31. The normalized spacial score (nSPS) is 15.8. The molecule has 0 saturated heterocycles. The van der Waals surface area contributed by atoms with Gasteiger partial charge in [0.2, 0.25) is 0 Å². The fourth-order valence-corrected chi connectivity index (χ4v) is 4.29. The van der Waals surface area contributed by atoms with Gasteiger partial charge in [-0.2, -0.15) is 0 Å². The predicted molar refractivity (Wildman–Crippen MR) is 116 cm³/mol. The zero-order valence-electron chi connectivity index (χ0n) is 17.2. The van der Waals surface area contributed by atoms with Crippen molar-refractivity contribution in [3.05, 3.63) is 63.1 Å². The number of aromatic amines is 1. The molecule has 6 nitrogen and oxygen atoms in total. The first-order valence-electron chi connectivity index (χ1n) is 9.93. The van der Waals surface area contributed by atoms with Crippen LogP contribution in [0.1, 0.15) is 57.6 Å². The smallest absolute Gasteiger partial charge is 0.337 e. The molecule has 0 radical (unpaired) electrons. The molecular formula is C22H27N3O3S. The van der Waals surface area contributed by atoms with Crippen LogP contribution in [-0.2, 0) is 9.53 Å². The van der Waals surface area contributed by atoms with E-state index in [1.54, 1.807) is 0 Å². The molecule has 1 atom stereocenters. The Morgan fingerprint density at radius 2 is 2.00 bits per heavy atom. The van der Waals surface area contributed by atoms with E-state index in [0.29, 0.717) is 27.8 Å². The summed E-state index contributed by atoms with van der Waals surface area (Å²) in [6.45, 7) is 7.57. The van der Waals surface area contributed by atoms with E-state index >= 15 is 0 Å². The van der Waals surface area contributed by atoms with Crippen LogP contribution >= 0.6 is 11.8 Å². The third-order valence-corrected chi connectivity index (χ3v) is 5.61. The minimum Gasteiger partial charge on any atom is -0.460 e. The molecule has 0 spiro atoms. The van der Waals surface area contributed by atoms with Crippen molar-refractivity contribution in [3.63, 3.8) is 0 Å². The van der Waals surface area contributed by atoms with E-state index in [4.69, 9.17) is 4.74 Å². The SMILES string of the molecule is CCCCSc1nc2c(c(=O)[nH]1)C(c1ccccc1)C(C(=O)OC(C)C)=C(C)N2. The summed E-state index contributed by atoms with van der Waals surface area (Å²) in [5, 5.41) is 3.76. The van der Waals surface area contributed by atoms with Crippen LogP contribution in [0.3, 0.4) is 0 Å². The first-order valence-corrected chi connectivity index (χ1v) is 10.9. The molecule has 0 saturated carbocycles. The summed E-state index contributed by atoms with van der Waals surface area (Å²) in [6, 6.07) is 9.53. The van der Waals surface area contributed by atoms with Crippen LogP contribution < -0.4 is 10.9 Å². The lowest BCUT2D eigenvalue weighted by molar-refractivity contribution is -0.143. The molecule has 29 heavy (non-hydrogen) atoms. The Hall–Kier alpha value is -2.54. The second-order valence-corrected chi connectivity index (χ2v) is 8.38. The lowest BCUT2D eigenvalue weighted by Crippen LogP contribution is -2.31. The summed E-state index contributed by atoms with van der Waals surface area (Å²) in [6.07, 6.45) is 1.88. The maximum absolute atomic E-state index is 13.1. The van der Waals surface area contributed by atoms with Crippen LogP contribution in [0.25, 0.3) is 0 Å². The highest BCUT2D eigenvalue weighted by atomic mass is 32.2. The minimum absolute atomic E-state index is 0.238. The van der Waals surface area contributed by atoms with Crippen LogP contribution in [0.15, 0.2) is 51.6 Å². The average Bonchev–Trinajstić information content (AvgIpc) is 2.67. The van der Waals surface area contributed by atoms with Gasteiger partial charge in [-0.1, -0.05) is 55.4 Å². The minimum atomic E-state index is -0.537. The molecule has 2 N–H and O–H groups in total. The van der Waals surface area contributed by atoms with Gasteiger partial charge in [0, 0.05) is 11.4 Å². The fraction of sp³-hybridized carbons (Fsp3) is 0.409. The maximum Gasteiger partial charge on any atom is 0.337 e. The summed E-state index contributed by atoms with van der Waals surface area (Å²) in [7, 11) is 0. The van der Waals surface area contributed by atoms with Gasteiger partial charge in [0.25, 0.3) is 5.56 Å². The van der Waals surface area contributed by atoms with Gasteiger partial charge >= 0.3 is 5.97 Å². The molecule has 0 amide bonds. The lowest BCUT2D eigenvalue weighted by Gasteiger charge is -2.29. The zero-order chi connectivity index (χ0) is 21.0. The number of unbranched alkanes of at least 4 members (excludes halogenated alkanes) is 1. The number of allylic oxidation sites excluding steroid dienone is 1. The Balaban J connectivity index is 2.11. The predicted octanol–water partition coefficient (Wildman–Crippen LogP) is 4.45. The highest BCUT2D eigenvalue weighted by Crippen LogP contribution is 2.40. The number of fused-ring (bicyclic) bond motifs is 1. The van der Waals surface area contributed by atoms with Crippen LogP contribution in [0.4, 0.5) is 5.82 Å². The molecule has 0 bridgehead atoms. The molecule has 1 aromatic heterocycles. The van der Waals surface area contributed by atoms with E-state index in [2.05, 4.69) is 22.2 Å². The van der Waals surface area contributed by atoms with Crippen molar-refractivity contribution in [2.45, 2.75) is 57.7 Å². The van der Waals surface area contributed by atoms with Gasteiger partial charge in [-0.25, -0.2) is 9.78 Å². The molecule has 2 aromatic rings. The molecule has 1 unspecified atom stereocenters. The standard InChI is InChI=1S/C22H27N3O3S/c1-5-6-12-29-22-24-19-18(20(26)25-22)17(15-10-8-7-9-11-15)16(14(4)23-19)21(27)28-13(2)3/h7-11,13,17H,5-6,12H2,1-4H3,(H2,23,24,25,26). The maximum atomic E-state index is 13.1. The fourth-order valence-electron chi connectivity index (χ4n) is 3.34. The van der Waals surface area contributed by atoms with Gasteiger partial charge < -0.3 is 15.0 Å². The monoisotopic (exact) mass is 413 g/mol. The number of nitrogens with zero attached hydrogens (tertiary/aromatic N) is 1. The Morgan fingerprint density at radius 1 is 1.28 bits per heavy atom. The van der Waals surface area contributed by atoms with Crippen molar-refractivity contribution in [1.29, 1.82) is 0 Å². The van der Waals surface area contributed by atoms with Crippen molar-refractivity contribution in [2.75, 3.05) is 11.1 Å². The second-order valence-electron chi connectivity index (χ2n) is 7.30. The van der Waals surface area contributed by atoms with Gasteiger partial charge in [-0.3, -0.25) is 4.79 Å². The zero-order valence-corrected chi connectivity index (χ0v) is 18.1. The van der Waals surface area contributed by atoms with Crippen molar-refractivity contribution < 1.29 is 9.53 Å². The number of thioether (sulfide) groups is 1. The Bertz CT molecular complexity index is 967. The van der Waals surface area contributed by atoms with Crippen molar-refractivity contribution >= 4 is 23.5 Å². The van der Waals surface area contributed by atoms with Gasteiger partial charge in [-0.15, -0.1) is 0 Å². The molecule has 0 fully saturated rings. The number of rotatable bonds is 7. The molecule has 1 aromatic carbocycles. The number of esters is 1. The van der Waals surface area contributed by atoms with Crippen LogP contribution in [0.2, 0.25) is 0 Å². The van der Waals surface area contributed by atoms with Gasteiger partial charge in [0.05, 0.1) is 23.2 Å². The Morgan fingerprint density at radius 3 is 2.66 bits per heavy atom. The van der Waals surface area contributed by atoms with Crippen molar-refractivity contribution in [2.24, 2.45) is 0 Å². The number of aromatic nitrogens is 2. The molecule has 0 aliphatic carbocycles. The van der Waals surface area contributed by atoms with E-state index in [0.717, 1.165) is 24.2 Å². The third kappa shape index (κ3) is 4.72. The number of carbonyl (C=O) groups is 1. The van der Waals surface area contributed by atoms with Gasteiger partial charge in [0.15, 0.2) is 5.16 Å². The number of ether oxygens (including phenoxy) is 1. The van der Waals surface area contributed by atoms with Gasteiger partial charge in [0.1, 0.15) is 5.82 Å². The molecule has 2 heterocycles. The van der Waals surface area contributed by atoms with E-state index in [9.17, 15) is 9.59 Å². The summed E-state index contributed by atoms with van der Waals surface area (Å²) in [5.74, 6) is 0.427. The first-order chi connectivity index (χ1) is 13.9. The van der Waals surface area contributed by atoms with Crippen molar-refractivity contribution in [3.8, 4) is 0 Å².